The molecule has 0 amide bonds. The molecule has 1 aliphatic heterocycles. The Kier molecular flexibility index (Phi) is 5.46. The average Bonchev–Trinajstić information content (AvgIpc) is 2.82. The summed E-state index contributed by atoms with van der Waals surface area (Å²) in [5.74, 6) is 1.52. The minimum absolute atomic E-state index is 0.155. The number of anilines is 3. The SMILES string of the molecule is Cc1cc(-c2cc(O)ccc2Cl)cc2nnc(Nc3ccc(N4CCNCC4)nc3)nc12. The number of benzene rings is 2. The van der Waals surface area contributed by atoms with E-state index in [0.717, 1.165) is 59.9 Å². The molecule has 3 N–H and O–H groups in total. The normalized spacial score (nSPS) is 14.0. The van der Waals surface area contributed by atoms with Crippen LogP contribution in [0, 0.1) is 6.92 Å². The van der Waals surface area contributed by atoms with E-state index in [2.05, 4.69) is 35.7 Å². The monoisotopic (exact) mass is 447 g/mol. The number of nitrogens with zero attached hydrogens (tertiary/aromatic N) is 5. The van der Waals surface area contributed by atoms with E-state index in [0.29, 0.717) is 16.5 Å². The summed E-state index contributed by atoms with van der Waals surface area (Å²) in [6.45, 7) is 5.80. The van der Waals surface area contributed by atoms with Crippen LogP contribution in [0.4, 0.5) is 17.5 Å². The summed E-state index contributed by atoms with van der Waals surface area (Å²) in [5, 5.41) is 25.5. The molecule has 1 fully saturated rings. The molecule has 0 aliphatic carbocycles. The molecule has 5 rings (SSSR count). The average molecular weight is 448 g/mol. The second-order valence-corrected chi connectivity index (χ2v) is 8.13. The summed E-state index contributed by atoms with van der Waals surface area (Å²) >= 11 is 6.33. The number of hydrogen-bond donors (Lipinski definition) is 3. The van der Waals surface area contributed by atoms with Crippen LogP contribution in [0.5, 0.6) is 5.75 Å². The van der Waals surface area contributed by atoms with Gasteiger partial charge >= 0.3 is 0 Å². The Bertz CT molecular complexity index is 1270. The van der Waals surface area contributed by atoms with Gasteiger partial charge in [0, 0.05) is 36.8 Å². The molecular formula is C23H22ClN7O. The summed E-state index contributed by atoms with van der Waals surface area (Å²) in [7, 11) is 0. The molecule has 0 radical (unpaired) electrons. The van der Waals surface area contributed by atoms with Crippen LogP contribution in [0.2, 0.25) is 5.02 Å². The fraction of sp³-hybridized carbons (Fsp3) is 0.217. The number of hydrogen-bond acceptors (Lipinski definition) is 8. The van der Waals surface area contributed by atoms with Gasteiger partial charge in [0.15, 0.2) is 0 Å². The van der Waals surface area contributed by atoms with Crippen molar-refractivity contribution in [1.29, 1.82) is 0 Å². The van der Waals surface area contributed by atoms with Crippen molar-refractivity contribution < 1.29 is 5.11 Å². The number of aromatic hydroxyl groups is 1. The second kappa shape index (κ2) is 8.57. The lowest BCUT2D eigenvalue weighted by Crippen LogP contribution is -2.43. The number of nitrogens with one attached hydrogen (secondary N) is 2. The van der Waals surface area contributed by atoms with Crippen molar-refractivity contribution in [3.05, 3.63) is 59.2 Å². The van der Waals surface area contributed by atoms with E-state index in [-0.39, 0.29) is 5.75 Å². The molecule has 8 nitrogen and oxygen atoms in total. The number of phenols is 1. The molecule has 2 aromatic carbocycles. The highest BCUT2D eigenvalue weighted by molar-refractivity contribution is 6.33. The number of aryl methyl sites for hydroxylation is 1. The molecule has 0 spiro atoms. The van der Waals surface area contributed by atoms with Crippen LogP contribution in [0.1, 0.15) is 5.56 Å². The van der Waals surface area contributed by atoms with Crippen molar-refractivity contribution in [1.82, 2.24) is 25.5 Å². The van der Waals surface area contributed by atoms with Gasteiger partial charge in [0.05, 0.1) is 17.4 Å². The number of aromatic nitrogens is 4. The largest absolute Gasteiger partial charge is 0.508 e. The summed E-state index contributed by atoms with van der Waals surface area (Å²) in [6, 6.07) is 12.7. The molecule has 0 unspecified atom stereocenters. The number of pyridine rings is 1. The Morgan fingerprint density at radius 3 is 2.69 bits per heavy atom. The van der Waals surface area contributed by atoms with Gasteiger partial charge in [-0.15, -0.1) is 10.2 Å². The van der Waals surface area contributed by atoms with Crippen molar-refractivity contribution in [2.24, 2.45) is 0 Å². The van der Waals surface area contributed by atoms with Gasteiger partial charge in [-0.05, 0) is 60.5 Å². The predicted octanol–water partition coefficient (Wildman–Crippen LogP) is 3.91. The molecule has 0 atom stereocenters. The van der Waals surface area contributed by atoms with E-state index in [1.54, 1.807) is 24.4 Å². The van der Waals surface area contributed by atoms with E-state index < -0.39 is 0 Å². The van der Waals surface area contributed by atoms with E-state index in [1.165, 1.54) is 0 Å². The Morgan fingerprint density at radius 2 is 1.91 bits per heavy atom. The lowest BCUT2D eigenvalue weighted by atomic mass is 10.0. The third-order valence-electron chi connectivity index (χ3n) is 5.46. The van der Waals surface area contributed by atoms with Gasteiger partial charge in [0.2, 0.25) is 5.95 Å². The van der Waals surface area contributed by atoms with Gasteiger partial charge in [-0.25, -0.2) is 9.97 Å². The third-order valence-corrected chi connectivity index (χ3v) is 5.79. The van der Waals surface area contributed by atoms with E-state index in [4.69, 9.17) is 11.6 Å². The molecule has 3 heterocycles. The van der Waals surface area contributed by atoms with Gasteiger partial charge in [-0.3, -0.25) is 0 Å². The van der Waals surface area contributed by atoms with E-state index in [1.807, 2.05) is 31.2 Å². The molecule has 0 bridgehead atoms. The zero-order chi connectivity index (χ0) is 22.1. The van der Waals surface area contributed by atoms with E-state index >= 15 is 0 Å². The Hall–Kier alpha value is -3.49. The molecule has 32 heavy (non-hydrogen) atoms. The van der Waals surface area contributed by atoms with Crippen LogP contribution in [0.3, 0.4) is 0 Å². The quantitative estimate of drug-likeness (QED) is 0.433. The summed E-state index contributed by atoms with van der Waals surface area (Å²) in [6.07, 6.45) is 1.78. The van der Waals surface area contributed by atoms with Crippen LogP contribution in [-0.2, 0) is 0 Å². The van der Waals surface area contributed by atoms with Gasteiger partial charge in [0.1, 0.15) is 17.1 Å². The van der Waals surface area contributed by atoms with Crippen LogP contribution in [0.15, 0.2) is 48.7 Å². The Balaban J connectivity index is 1.40. The summed E-state index contributed by atoms with van der Waals surface area (Å²) in [5.41, 5.74) is 4.70. The Morgan fingerprint density at radius 1 is 1.06 bits per heavy atom. The fourth-order valence-electron chi connectivity index (χ4n) is 3.83. The second-order valence-electron chi connectivity index (χ2n) is 7.73. The maximum absolute atomic E-state index is 9.83. The zero-order valence-electron chi connectivity index (χ0n) is 17.5. The maximum atomic E-state index is 9.83. The van der Waals surface area contributed by atoms with Gasteiger partial charge in [-0.1, -0.05) is 11.6 Å². The highest BCUT2D eigenvalue weighted by Crippen LogP contribution is 2.33. The Labute approximate surface area is 190 Å². The molecule has 9 heteroatoms. The molecule has 2 aromatic heterocycles. The number of phenolic OH excluding ortho intramolecular Hbond substituents is 1. The van der Waals surface area contributed by atoms with Crippen molar-refractivity contribution in [2.75, 3.05) is 36.4 Å². The fourth-order valence-corrected chi connectivity index (χ4v) is 4.05. The summed E-state index contributed by atoms with van der Waals surface area (Å²) < 4.78 is 0. The van der Waals surface area contributed by atoms with Gasteiger partial charge in [-0.2, -0.15) is 0 Å². The van der Waals surface area contributed by atoms with Crippen LogP contribution < -0.4 is 15.5 Å². The molecule has 1 saturated heterocycles. The maximum Gasteiger partial charge on any atom is 0.247 e. The zero-order valence-corrected chi connectivity index (χ0v) is 18.3. The van der Waals surface area contributed by atoms with Crippen LogP contribution in [-0.4, -0.2) is 51.5 Å². The molecule has 4 aromatic rings. The number of rotatable bonds is 4. The molecule has 0 saturated carbocycles. The smallest absolute Gasteiger partial charge is 0.247 e. The molecule has 1 aliphatic rings. The number of fused-ring (bicyclic) bond motifs is 1. The molecular weight excluding hydrogens is 426 g/mol. The number of piperazine rings is 1. The van der Waals surface area contributed by atoms with Crippen LogP contribution >= 0.6 is 11.6 Å². The first kappa shape index (κ1) is 20.4. The minimum atomic E-state index is 0.155. The first-order chi connectivity index (χ1) is 15.6. The third kappa shape index (κ3) is 4.15. The van der Waals surface area contributed by atoms with Crippen molar-refractivity contribution in [2.45, 2.75) is 6.92 Å². The van der Waals surface area contributed by atoms with Gasteiger partial charge in [0.25, 0.3) is 0 Å². The summed E-state index contributed by atoms with van der Waals surface area (Å²) in [4.78, 5) is 11.5. The highest BCUT2D eigenvalue weighted by Gasteiger charge is 2.13. The lowest BCUT2D eigenvalue weighted by Gasteiger charge is -2.28. The van der Waals surface area contributed by atoms with Crippen molar-refractivity contribution in [3.63, 3.8) is 0 Å². The van der Waals surface area contributed by atoms with Crippen LogP contribution in [0.25, 0.3) is 22.2 Å². The lowest BCUT2D eigenvalue weighted by molar-refractivity contribution is 0.475. The van der Waals surface area contributed by atoms with Gasteiger partial charge < -0.3 is 20.6 Å². The standard InChI is InChI=1S/C23H22ClN7O/c1-14-10-15(18-12-17(32)3-4-19(18)24)11-20-22(14)28-23(30-29-20)27-16-2-5-21(26-13-16)31-8-6-25-7-9-31/h2-5,10-13,25,32H,6-9H2,1H3,(H,27,28,30). The first-order valence-electron chi connectivity index (χ1n) is 10.4. The predicted molar refractivity (Wildman–Crippen MR) is 127 cm³/mol. The van der Waals surface area contributed by atoms with Crippen molar-refractivity contribution >= 4 is 40.1 Å². The first-order valence-corrected chi connectivity index (χ1v) is 10.8. The number of halogens is 1. The van der Waals surface area contributed by atoms with E-state index in [9.17, 15) is 5.11 Å². The topological polar surface area (TPSA) is 99.1 Å². The molecule has 162 valence electrons. The highest BCUT2D eigenvalue weighted by atomic mass is 35.5. The minimum Gasteiger partial charge on any atom is -0.508 e. The van der Waals surface area contributed by atoms with Crippen molar-refractivity contribution in [3.8, 4) is 16.9 Å².